The highest BCUT2D eigenvalue weighted by Gasteiger charge is 2.42. The zero-order chi connectivity index (χ0) is 20.0. The number of sulfonamides is 1. The van der Waals surface area contributed by atoms with Crippen LogP contribution in [0.25, 0.3) is 0 Å². The number of nitrogens with zero attached hydrogens (tertiary/aromatic N) is 2. The molecule has 1 amide bonds. The monoisotopic (exact) mass is 394 g/mol. The smallest absolute Gasteiger partial charge is 0.308 e. The molecule has 2 heterocycles. The number of likely N-dealkylation sites (tertiary alicyclic amines) is 1. The number of hydrogen-bond donors (Lipinski definition) is 1. The summed E-state index contributed by atoms with van der Waals surface area (Å²) in [6.07, 6.45) is 0.518. The Hall–Kier alpha value is -1.93. The van der Waals surface area contributed by atoms with Crippen molar-refractivity contribution in [3.8, 4) is 0 Å². The Kier molecular flexibility index (Phi) is 5.07. The molecule has 2 aliphatic rings. The average Bonchev–Trinajstić information content (AvgIpc) is 3.21. The Bertz CT molecular complexity index is 842. The summed E-state index contributed by atoms with van der Waals surface area (Å²) in [6.45, 7) is 6.90. The summed E-state index contributed by atoms with van der Waals surface area (Å²) in [5.41, 5.74) is 1.00. The van der Waals surface area contributed by atoms with E-state index < -0.39 is 21.9 Å². The van der Waals surface area contributed by atoms with Crippen LogP contribution in [0, 0.1) is 5.92 Å². The predicted molar refractivity (Wildman–Crippen MR) is 99.8 cm³/mol. The van der Waals surface area contributed by atoms with Crippen LogP contribution in [0.4, 0.5) is 0 Å². The summed E-state index contributed by atoms with van der Waals surface area (Å²) in [6, 6.07) is 6.67. The lowest BCUT2D eigenvalue weighted by molar-refractivity contribution is -0.141. The molecule has 1 N–H and O–H groups in total. The highest BCUT2D eigenvalue weighted by Crippen LogP contribution is 2.29. The van der Waals surface area contributed by atoms with Gasteiger partial charge in [-0.3, -0.25) is 9.59 Å². The summed E-state index contributed by atoms with van der Waals surface area (Å²) in [7, 11) is -3.63. The van der Waals surface area contributed by atoms with Gasteiger partial charge in [0.25, 0.3) is 0 Å². The Morgan fingerprint density at radius 3 is 2.30 bits per heavy atom. The van der Waals surface area contributed by atoms with Gasteiger partial charge in [0.05, 0.1) is 10.8 Å². The predicted octanol–water partition coefficient (Wildman–Crippen LogP) is 1.68. The number of carboxylic acid groups (broad SMARTS) is 1. The summed E-state index contributed by atoms with van der Waals surface area (Å²) in [5, 5.41) is 9.12. The minimum atomic E-state index is -3.63. The first-order valence-corrected chi connectivity index (χ1v) is 10.6. The SMILES string of the molecule is CC(C)(C)c1ccc(S(=O)(=O)N2CCC(N3CC(C(=O)O)CC3=O)C2)cc1. The molecule has 0 radical (unpaired) electrons. The van der Waals surface area contributed by atoms with Gasteiger partial charge in [0.1, 0.15) is 0 Å². The molecule has 7 nitrogen and oxygen atoms in total. The van der Waals surface area contributed by atoms with Gasteiger partial charge in [-0.05, 0) is 29.5 Å². The highest BCUT2D eigenvalue weighted by atomic mass is 32.2. The molecule has 0 bridgehead atoms. The van der Waals surface area contributed by atoms with Crippen LogP contribution in [-0.4, -0.2) is 60.3 Å². The third-order valence-corrected chi connectivity index (χ3v) is 7.31. The van der Waals surface area contributed by atoms with Gasteiger partial charge in [-0.15, -0.1) is 0 Å². The third kappa shape index (κ3) is 3.87. The third-order valence-electron chi connectivity index (χ3n) is 5.43. The first-order chi connectivity index (χ1) is 12.5. The Balaban J connectivity index is 1.72. The van der Waals surface area contributed by atoms with Crippen LogP contribution in [0.1, 0.15) is 39.2 Å². The van der Waals surface area contributed by atoms with Gasteiger partial charge in [-0.25, -0.2) is 8.42 Å². The maximum absolute atomic E-state index is 12.9. The molecule has 2 saturated heterocycles. The van der Waals surface area contributed by atoms with E-state index in [4.69, 9.17) is 5.11 Å². The minimum absolute atomic E-state index is 0.00709. The fraction of sp³-hybridized carbons (Fsp3) is 0.579. The lowest BCUT2D eigenvalue weighted by Gasteiger charge is -2.24. The second-order valence-corrected chi connectivity index (χ2v) is 10.3. The lowest BCUT2D eigenvalue weighted by Crippen LogP contribution is -2.40. The lowest BCUT2D eigenvalue weighted by atomic mass is 9.87. The van der Waals surface area contributed by atoms with E-state index in [1.54, 1.807) is 12.1 Å². The van der Waals surface area contributed by atoms with E-state index in [0.29, 0.717) is 13.0 Å². The van der Waals surface area contributed by atoms with Gasteiger partial charge >= 0.3 is 5.97 Å². The summed E-state index contributed by atoms with van der Waals surface area (Å²) in [5.74, 6) is -1.89. The van der Waals surface area contributed by atoms with E-state index in [-0.39, 0.29) is 41.8 Å². The van der Waals surface area contributed by atoms with Crippen molar-refractivity contribution in [2.24, 2.45) is 5.92 Å². The van der Waals surface area contributed by atoms with Crippen LogP contribution in [0.5, 0.6) is 0 Å². The zero-order valence-electron chi connectivity index (χ0n) is 15.9. The number of amides is 1. The summed E-state index contributed by atoms with van der Waals surface area (Å²) >= 11 is 0. The molecule has 0 saturated carbocycles. The summed E-state index contributed by atoms with van der Waals surface area (Å²) in [4.78, 5) is 25.0. The molecule has 27 heavy (non-hydrogen) atoms. The van der Waals surface area contributed by atoms with E-state index in [2.05, 4.69) is 20.8 Å². The molecular formula is C19H26N2O5S. The van der Waals surface area contributed by atoms with Crippen LogP contribution in [0.3, 0.4) is 0 Å². The number of carboxylic acids is 1. The molecule has 0 spiro atoms. The van der Waals surface area contributed by atoms with Crippen molar-refractivity contribution in [3.63, 3.8) is 0 Å². The maximum atomic E-state index is 12.9. The highest BCUT2D eigenvalue weighted by molar-refractivity contribution is 7.89. The number of rotatable bonds is 4. The van der Waals surface area contributed by atoms with Crippen molar-refractivity contribution in [1.82, 2.24) is 9.21 Å². The molecule has 0 aromatic heterocycles. The average molecular weight is 394 g/mol. The molecule has 1 aromatic rings. The number of aliphatic carboxylic acids is 1. The quantitative estimate of drug-likeness (QED) is 0.838. The minimum Gasteiger partial charge on any atom is -0.481 e. The van der Waals surface area contributed by atoms with Gasteiger partial charge in [-0.2, -0.15) is 4.31 Å². The second kappa shape index (κ2) is 6.91. The van der Waals surface area contributed by atoms with Crippen molar-refractivity contribution in [1.29, 1.82) is 0 Å². The van der Waals surface area contributed by atoms with E-state index in [0.717, 1.165) is 5.56 Å². The van der Waals surface area contributed by atoms with Gasteiger partial charge in [0.15, 0.2) is 0 Å². The molecule has 148 valence electrons. The van der Waals surface area contributed by atoms with E-state index in [1.807, 2.05) is 12.1 Å². The first kappa shape index (κ1) is 19.8. The summed E-state index contributed by atoms with van der Waals surface area (Å²) < 4.78 is 27.3. The molecule has 8 heteroatoms. The fourth-order valence-corrected chi connectivity index (χ4v) is 5.20. The molecule has 2 unspecified atom stereocenters. The number of carbonyl (C=O) groups excluding carboxylic acids is 1. The van der Waals surface area contributed by atoms with E-state index in [1.165, 1.54) is 9.21 Å². The number of carbonyl (C=O) groups is 2. The molecule has 2 fully saturated rings. The topological polar surface area (TPSA) is 95.0 Å². The Labute approximate surface area is 160 Å². The van der Waals surface area contributed by atoms with Gasteiger partial charge in [0.2, 0.25) is 15.9 Å². The van der Waals surface area contributed by atoms with Crippen LogP contribution in [0.2, 0.25) is 0 Å². The standard InChI is InChI=1S/C19H26N2O5S/c1-19(2,3)14-4-6-16(7-5-14)27(25,26)20-9-8-15(12-20)21-11-13(18(23)24)10-17(21)22/h4-7,13,15H,8-12H2,1-3H3,(H,23,24). The van der Waals surface area contributed by atoms with Crippen molar-refractivity contribution in [2.45, 2.75) is 50.0 Å². The van der Waals surface area contributed by atoms with Crippen LogP contribution in [-0.2, 0) is 25.0 Å². The normalized spacial score (nSPS) is 24.6. The van der Waals surface area contributed by atoms with Gasteiger partial charge in [-0.1, -0.05) is 32.9 Å². The van der Waals surface area contributed by atoms with Crippen LogP contribution >= 0.6 is 0 Å². The fourth-order valence-electron chi connectivity index (χ4n) is 3.71. The maximum Gasteiger partial charge on any atom is 0.308 e. The second-order valence-electron chi connectivity index (χ2n) is 8.37. The van der Waals surface area contributed by atoms with E-state index >= 15 is 0 Å². The molecule has 2 aliphatic heterocycles. The molecule has 1 aromatic carbocycles. The van der Waals surface area contributed by atoms with Crippen molar-refractivity contribution in [2.75, 3.05) is 19.6 Å². The first-order valence-electron chi connectivity index (χ1n) is 9.13. The number of benzene rings is 1. The molecule has 2 atom stereocenters. The largest absolute Gasteiger partial charge is 0.481 e. The van der Waals surface area contributed by atoms with Crippen molar-refractivity contribution < 1.29 is 23.1 Å². The molecule has 3 rings (SSSR count). The molecule has 0 aliphatic carbocycles. The van der Waals surface area contributed by atoms with Crippen molar-refractivity contribution >= 4 is 21.9 Å². The Morgan fingerprint density at radius 1 is 1.15 bits per heavy atom. The van der Waals surface area contributed by atoms with Gasteiger partial charge < -0.3 is 10.0 Å². The van der Waals surface area contributed by atoms with Crippen molar-refractivity contribution in [3.05, 3.63) is 29.8 Å². The Morgan fingerprint density at radius 2 is 1.78 bits per heavy atom. The van der Waals surface area contributed by atoms with E-state index in [9.17, 15) is 18.0 Å². The van der Waals surface area contributed by atoms with Crippen LogP contribution < -0.4 is 0 Å². The zero-order valence-corrected chi connectivity index (χ0v) is 16.7. The molecular weight excluding hydrogens is 368 g/mol. The van der Waals surface area contributed by atoms with Crippen LogP contribution in [0.15, 0.2) is 29.2 Å². The van der Waals surface area contributed by atoms with Gasteiger partial charge in [0, 0.05) is 32.1 Å². The number of hydrogen-bond acceptors (Lipinski definition) is 4.